The van der Waals surface area contributed by atoms with Gasteiger partial charge in [0.1, 0.15) is 6.04 Å². The van der Waals surface area contributed by atoms with Gasteiger partial charge < -0.3 is 10.6 Å². The second kappa shape index (κ2) is 6.00. The number of primary amides is 1. The lowest BCUT2D eigenvalue weighted by atomic mass is 10.0. The number of hydrogen-bond acceptors (Lipinski definition) is 2. The Morgan fingerprint density at radius 1 is 1.05 bits per heavy atom. The molecule has 1 heterocycles. The minimum atomic E-state index is -0.221. The molecule has 3 rings (SSSR count). The monoisotopic (exact) mass is 280 g/mol. The Morgan fingerprint density at radius 2 is 1.71 bits per heavy atom. The van der Waals surface area contributed by atoms with E-state index in [-0.39, 0.29) is 11.9 Å². The first-order valence-corrected chi connectivity index (χ1v) is 7.43. The highest BCUT2D eigenvalue weighted by atomic mass is 16.1. The molecule has 0 bridgehead atoms. The third-order valence-electron chi connectivity index (χ3n) is 4.10. The Hall–Kier alpha value is -2.29. The highest BCUT2D eigenvalue weighted by molar-refractivity contribution is 5.84. The van der Waals surface area contributed by atoms with E-state index in [0.29, 0.717) is 0 Å². The highest BCUT2D eigenvalue weighted by Gasteiger charge is 2.28. The molecular formula is C18H20N2O. The predicted molar refractivity (Wildman–Crippen MR) is 85.3 cm³/mol. The second-order valence-electron chi connectivity index (χ2n) is 5.58. The van der Waals surface area contributed by atoms with E-state index >= 15 is 0 Å². The average Bonchev–Trinajstić information content (AvgIpc) is 2.99. The van der Waals surface area contributed by atoms with E-state index in [9.17, 15) is 4.79 Å². The fourth-order valence-corrected chi connectivity index (χ4v) is 3.01. The number of benzene rings is 2. The van der Waals surface area contributed by atoms with Crippen molar-refractivity contribution in [2.24, 2.45) is 5.73 Å². The second-order valence-corrected chi connectivity index (χ2v) is 5.58. The van der Waals surface area contributed by atoms with E-state index in [1.54, 1.807) is 0 Å². The van der Waals surface area contributed by atoms with Gasteiger partial charge in [-0.25, -0.2) is 0 Å². The van der Waals surface area contributed by atoms with Crippen LogP contribution in [-0.2, 0) is 11.2 Å². The topological polar surface area (TPSA) is 46.3 Å². The molecule has 1 fully saturated rings. The molecule has 108 valence electrons. The first kappa shape index (κ1) is 13.7. The Bertz CT molecular complexity index is 607. The predicted octanol–water partition coefficient (Wildman–Crippen LogP) is 2.73. The van der Waals surface area contributed by atoms with Gasteiger partial charge in [0.15, 0.2) is 0 Å². The molecule has 1 atom stereocenters. The van der Waals surface area contributed by atoms with E-state index in [0.717, 1.165) is 31.5 Å². The van der Waals surface area contributed by atoms with Crippen LogP contribution in [0.5, 0.6) is 0 Å². The molecule has 2 aromatic rings. The molecule has 0 saturated carbocycles. The number of nitrogens with zero attached hydrogens (tertiary/aromatic N) is 1. The van der Waals surface area contributed by atoms with Crippen LogP contribution in [0.2, 0.25) is 0 Å². The Morgan fingerprint density at radius 3 is 2.38 bits per heavy atom. The Balaban J connectivity index is 1.73. The maximum Gasteiger partial charge on any atom is 0.240 e. The number of rotatable bonds is 4. The van der Waals surface area contributed by atoms with Crippen LogP contribution in [0.4, 0.5) is 5.69 Å². The van der Waals surface area contributed by atoms with Crippen LogP contribution in [0.3, 0.4) is 0 Å². The third-order valence-corrected chi connectivity index (χ3v) is 4.10. The van der Waals surface area contributed by atoms with Crippen molar-refractivity contribution in [2.45, 2.75) is 25.3 Å². The molecule has 2 aromatic carbocycles. The molecule has 0 aromatic heterocycles. The molecule has 0 radical (unpaired) electrons. The minimum absolute atomic E-state index is 0.148. The van der Waals surface area contributed by atoms with E-state index in [4.69, 9.17) is 5.73 Å². The molecule has 3 nitrogen and oxygen atoms in total. The van der Waals surface area contributed by atoms with Gasteiger partial charge >= 0.3 is 0 Å². The highest BCUT2D eigenvalue weighted by Crippen LogP contribution is 2.26. The summed E-state index contributed by atoms with van der Waals surface area (Å²) < 4.78 is 0. The summed E-state index contributed by atoms with van der Waals surface area (Å²) in [5, 5.41) is 0. The van der Waals surface area contributed by atoms with Gasteiger partial charge in [-0.15, -0.1) is 0 Å². The normalized spacial score (nSPS) is 17.9. The molecule has 1 amide bonds. The van der Waals surface area contributed by atoms with E-state index in [2.05, 4.69) is 53.4 Å². The fraction of sp³-hybridized carbons (Fsp3) is 0.278. The first-order valence-electron chi connectivity index (χ1n) is 7.43. The zero-order valence-electron chi connectivity index (χ0n) is 12.0. The van der Waals surface area contributed by atoms with Crippen LogP contribution >= 0.6 is 0 Å². The van der Waals surface area contributed by atoms with Crippen molar-refractivity contribution in [3.8, 4) is 0 Å². The van der Waals surface area contributed by atoms with E-state index < -0.39 is 0 Å². The van der Waals surface area contributed by atoms with Crippen LogP contribution in [0.25, 0.3) is 0 Å². The Labute approximate surface area is 125 Å². The molecule has 0 aliphatic carbocycles. The van der Waals surface area contributed by atoms with E-state index in [1.807, 2.05) is 6.07 Å². The standard InChI is InChI=1S/C18H20N2O/c19-18(21)17-7-4-12-20(17)16-10-8-15(9-11-16)13-14-5-2-1-3-6-14/h1-3,5-6,8-11,17H,4,7,12-13H2,(H2,19,21)/t17-/m1/s1. The van der Waals surface area contributed by atoms with Crippen LogP contribution in [0, 0.1) is 0 Å². The van der Waals surface area contributed by atoms with E-state index in [1.165, 1.54) is 11.1 Å². The largest absolute Gasteiger partial charge is 0.368 e. The molecule has 0 spiro atoms. The summed E-state index contributed by atoms with van der Waals surface area (Å²) in [6.07, 6.45) is 2.82. The smallest absolute Gasteiger partial charge is 0.240 e. The van der Waals surface area contributed by atoms with Crippen molar-refractivity contribution in [3.63, 3.8) is 0 Å². The molecule has 21 heavy (non-hydrogen) atoms. The number of amides is 1. The molecule has 1 aliphatic rings. The molecule has 2 N–H and O–H groups in total. The first-order chi connectivity index (χ1) is 10.2. The number of carbonyl (C=O) groups is 1. The van der Waals surface area contributed by atoms with Gasteiger partial charge in [0.2, 0.25) is 5.91 Å². The van der Waals surface area contributed by atoms with Gasteiger partial charge in [-0.1, -0.05) is 42.5 Å². The SMILES string of the molecule is NC(=O)[C@H]1CCCN1c1ccc(Cc2ccccc2)cc1. The molecule has 0 unspecified atom stereocenters. The van der Waals surface area contributed by atoms with Crippen molar-refractivity contribution < 1.29 is 4.79 Å². The summed E-state index contributed by atoms with van der Waals surface area (Å²) in [6, 6.07) is 18.7. The van der Waals surface area contributed by atoms with Gasteiger partial charge in [0, 0.05) is 12.2 Å². The molecular weight excluding hydrogens is 260 g/mol. The maximum atomic E-state index is 11.5. The van der Waals surface area contributed by atoms with Crippen molar-refractivity contribution >= 4 is 11.6 Å². The molecule has 1 aliphatic heterocycles. The van der Waals surface area contributed by atoms with Crippen molar-refractivity contribution in [1.82, 2.24) is 0 Å². The number of hydrogen-bond donors (Lipinski definition) is 1. The number of carbonyl (C=O) groups excluding carboxylic acids is 1. The van der Waals surface area contributed by atoms with Gasteiger partial charge in [-0.3, -0.25) is 4.79 Å². The van der Waals surface area contributed by atoms with Crippen LogP contribution in [0.15, 0.2) is 54.6 Å². The van der Waals surface area contributed by atoms with Crippen LogP contribution in [-0.4, -0.2) is 18.5 Å². The van der Waals surface area contributed by atoms with Gasteiger partial charge in [0.05, 0.1) is 0 Å². The number of nitrogens with two attached hydrogens (primary N) is 1. The zero-order valence-corrected chi connectivity index (χ0v) is 12.0. The summed E-state index contributed by atoms with van der Waals surface area (Å²) in [5.74, 6) is -0.221. The minimum Gasteiger partial charge on any atom is -0.368 e. The maximum absolute atomic E-state index is 11.5. The lowest BCUT2D eigenvalue weighted by molar-refractivity contribution is -0.119. The van der Waals surface area contributed by atoms with Crippen molar-refractivity contribution in [3.05, 3.63) is 65.7 Å². The number of anilines is 1. The Kier molecular flexibility index (Phi) is 3.91. The lowest BCUT2D eigenvalue weighted by Crippen LogP contribution is -2.40. The van der Waals surface area contributed by atoms with Crippen LogP contribution < -0.4 is 10.6 Å². The zero-order chi connectivity index (χ0) is 14.7. The lowest BCUT2D eigenvalue weighted by Gasteiger charge is -2.24. The van der Waals surface area contributed by atoms with Gasteiger partial charge in [0.25, 0.3) is 0 Å². The molecule has 1 saturated heterocycles. The van der Waals surface area contributed by atoms with Crippen molar-refractivity contribution in [1.29, 1.82) is 0 Å². The summed E-state index contributed by atoms with van der Waals surface area (Å²) in [7, 11) is 0. The van der Waals surface area contributed by atoms with Gasteiger partial charge in [-0.2, -0.15) is 0 Å². The summed E-state index contributed by atoms with van der Waals surface area (Å²) in [6.45, 7) is 0.908. The summed E-state index contributed by atoms with van der Waals surface area (Å²) >= 11 is 0. The average molecular weight is 280 g/mol. The third kappa shape index (κ3) is 3.07. The van der Waals surface area contributed by atoms with Gasteiger partial charge in [-0.05, 0) is 42.5 Å². The quantitative estimate of drug-likeness (QED) is 0.936. The fourth-order valence-electron chi connectivity index (χ4n) is 3.01. The molecule has 3 heteroatoms. The van der Waals surface area contributed by atoms with Crippen LogP contribution in [0.1, 0.15) is 24.0 Å². The van der Waals surface area contributed by atoms with Crippen molar-refractivity contribution in [2.75, 3.05) is 11.4 Å². The summed E-state index contributed by atoms with van der Waals surface area (Å²) in [4.78, 5) is 13.6. The summed E-state index contributed by atoms with van der Waals surface area (Å²) in [5.41, 5.74) is 9.15.